The van der Waals surface area contributed by atoms with Gasteiger partial charge in [-0.25, -0.2) is 9.78 Å². The van der Waals surface area contributed by atoms with Crippen LogP contribution >= 0.6 is 0 Å². The van der Waals surface area contributed by atoms with Crippen molar-refractivity contribution in [2.24, 2.45) is 0 Å². The maximum atomic E-state index is 11.0. The van der Waals surface area contributed by atoms with Gasteiger partial charge in [-0.3, -0.25) is 4.40 Å². The lowest BCUT2D eigenvalue weighted by atomic mass is 10.2. The molecule has 5 nitrogen and oxygen atoms in total. The number of para-hydroxylation sites is 1. The molecular formula is C13H10N2O3. The molecule has 0 radical (unpaired) electrons. The highest BCUT2D eigenvalue weighted by Gasteiger charge is 2.12. The quantitative estimate of drug-likeness (QED) is 0.748. The summed E-state index contributed by atoms with van der Waals surface area (Å²) in [6.45, 7) is 0. The first-order valence-corrected chi connectivity index (χ1v) is 5.39. The molecule has 1 aromatic carbocycles. The van der Waals surface area contributed by atoms with Crippen LogP contribution in [0.25, 0.3) is 16.6 Å². The summed E-state index contributed by atoms with van der Waals surface area (Å²) in [6.07, 6.45) is 1.50. The summed E-state index contributed by atoms with van der Waals surface area (Å²) in [5.74, 6) is -0.353. The zero-order valence-electron chi connectivity index (χ0n) is 9.62. The molecule has 5 heteroatoms. The van der Waals surface area contributed by atoms with Crippen molar-refractivity contribution >= 4 is 22.5 Å². The molecular weight excluding hydrogens is 232 g/mol. The van der Waals surface area contributed by atoms with Crippen molar-refractivity contribution in [3.63, 3.8) is 0 Å². The first kappa shape index (κ1) is 10.6. The van der Waals surface area contributed by atoms with Crippen molar-refractivity contribution in [2.45, 2.75) is 0 Å². The first-order valence-electron chi connectivity index (χ1n) is 5.39. The Balaban J connectivity index is 2.47. The highest BCUT2D eigenvalue weighted by molar-refractivity contribution is 5.90. The van der Waals surface area contributed by atoms with E-state index < -0.39 is 5.97 Å². The van der Waals surface area contributed by atoms with E-state index in [-0.39, 0.29) is 5.69 Å². The Morgan fingerprint density at radius 3 is 2.89 bits per heavy atom. The number of rotatable bonds is 2. The highest BCUT2D eigenvalue weighted by Crippen LogP contribution is 2.26. The summed E-state index contributed by atoms with van der Waals surface area (Å²) in [6, 6.07) is 9.35. The molecule has 2 aromatic heterocycles. The minimum Gasteiger partial charge on any atom is -0.495 e. The SMILES string of the molecule is COc1cccc2ccc3nc(C(=O)O)cn3c12. The van der Waals surface area contributed by atoms with E-state index in [0.29, 0.717) is 11.4 Å². The Kier molecular flexibility index (Phi) is 2.19. The number of carbonyl (C=O) groups is 1. The standard InChI is InChI=1S/C13H10N2O3/c1-18-10-4-2-3-8-5-6-11-14-9(13(16)17)7-15(11)12(8)10/h2-7H,1H3,(H,16,17). The van der Waals surface area contributed by atoms with Gasteiger partial charge in [0.25, 0.3) is 0 Å². The number of carboxylic acids is 1. The van der Waals surface area contributed by atoms with Crippen LogP contribution in [0, 0.1) is 0 Å². The molecule has 0 saturated heterocycles. The predicted octanol–water partition coefficient (Wildman–Crippen LogP) is 2.19. The number of carboxylic acid groups (broad SMARTS) is 1. The van der Waals surface area contributed by atoms with Gasteiger partial charge in [0.15, 0.2) is 5.69 Å². The second kappa shape index (κ2) is 3.73. The number of aromatic nitrogens is 2. The zero-order chi connectivity index (χ0) is 12.7. The molecule has 1 N–H and O–H groups in total. The molecule has 2 heterocycles. The van der Waals surface area contributed by atoms with Gasteiger partial charge in [-0.1, -0.05) is 12.1 Å². The molecule has 90 valence electrons. The third-order valence-electron chi connectivity index (χ3n) is 2.86. The molecule has 0 fully saturated rings. The van der Waals surface area contributed by atoms with Crippen molar-refractivity contribution < 1.29 is 14.6 Å². The van der Waals surface area contributed by atoms with Crippen LogP contribution in [-0.4, -0.2) is 27.6 Å². The Labute approximate surface area is 102 Å². The van der Waals surface area contributed by atoms with E-state index in [1.807, 2.05) is 24.3 Å². The minimum absolute atomic E-state index is 0.0217. The van der Waals surface area contributed by atoms with Crippen LogP contribution in [0.3, 0.4) is 0 Å². The second-order valence-electron chi connectivity index (χ2n) is 3.89. The molecule has 3 rings (SSSR count). The van der Waals surface area contributed by atoms with E-state index in [4.69, 9.17) is 9.84 Å². The van der Waals surface area contributed by atoms with E-state index in [1.165, 1.54) is 6.20 Å². The van der Waals surface area contributed by atoms with Gasteiger partial charge >= 0.3 is 5.97 Å². The molecule has 18 heavy (non-hydrogen) atoms. The molecule has 0 unspecified atom stereocenters. The van der Waals surface area contributed by atoms with Crippen LogP contribution in [0.1, 0.15) is 10.5 Å². The monoisotopic (exact) mass is 242 g/mol. The number of ether oxygens (including phenoxy) is 1. The number of methoxy groups -OCH3 is 1. The highest BCUT2D eigenvalue weighted by atomic mass is 16.5. The lowest BCUT2D eigenvalue weighted by molar-refractivity contribution is 0.0691. The molecule has 0 saturated carbocycles. The fraction of sp³-hybridized carbons (Fsp3) is 0.0769. The van der Waals surface area contributed by atoms with Gasteiger partial charge in [0.1, 0.15) is 11.4 Å². The Morgan fingerprint density at radius 1 is 1.33 bits per heavy atom. The summed E-state index contributed by atoms with van der Waals surface area (Å²) < 4.78 is 7.04. The summed E-state index contributed by atoms with van der Waals surface area (Å²) in [5, 5.41) is 9.95. The van der Waals surface area contributed by atoms with Gasteiger partial charge in [0.05, 0.1) is 12.6 Å². The fourth-order valence-corrected chi connectivity index (χ4v) is 2.05. The van der Waals surface area contributed by atoms with Crippen molar-refractivity contribution in [1.82, 2.24) is 9.38 Å². The number of imidazole rings is 1. The second-order valence-corrected chi connectivity index (χ2v) is 3.89. The molecule has 0 amide bonds. The van der Waals surface area contributed by atoms with Crippen molar-refractivity contribution in [1.29, 1.82) is 0 Å². The third kappa shape index (κ3) is 1.41. The average Bonchev–Trinajstić information content (AvgIpc) is 2.82. The van der Waals surface area contributed by atoms with Crippen LogP contribution in [0.4, 0.5) is 0 Å². The van der Waals surface area contributed by atoms with Crippen molar-refractivity contribution in [3.05, 3.63) is 42.2 Å². The van der Waals surface area contributed by atoms with Crippen LogP contribution in [0.15, 0.2) is 36.5 Å². The van der Waals surface area contributed by atoms with Gasteiger partial charge < -0.3 is 9.84 Å². The normalized spacial score (nSPS) is 10.9. The average molecular weight is 242 g/mol. The molecule has 0 atom stereocenters. The van der Waals surface area contributed by atoms with E-state index in [9.17, 15) is 4.79 Å². The van der Waals surface area contributed by atoms with E-state index in [0.717, 1.165) is 10.9 Å². The van der Waals surface area contributed by atoms with Crippen LogP contribution in [-0.2, 0) is 0 Å². The van der Waals surface area contributed by atoms with Crippen LogP contribution in [0.5, 0.6) is 5.75 Å². The number of hydrogen-bond donors (Lipinski definition) is 1. The molecule has 0 aliphatic heterocycles. The number of aromatic carboxylic acids is 1. The molecule has 0 bridgehead atoms. The van der Waals surface area contributed by atoms with Gasteiger partial charge in [-0.2, -0.15) is 0 Å². The van der Waals surface area contributed by atoms with Gasteiger partial charge in [0, 0.05) is 11.6 Å². The lowest BCUT2D eigenvalue weighted by Crippen LogP contribution is -1.95. The summed E-state index contributed by atoms with van der Waals surface area (Å²) in [7, 11) is 1.59. The fourth-order valence-electron chi connectivity index (χ4n) is 2.05. The number of nitrogens with zero attached hydrogens (tertiary/aromatic N) is 2. The maximum Gasteiger partial charge on any atom is 0.356 e. The van der Waals surface area contributed by atoms with Crippen LogP contribution in [0.2, 0.25) is 0 Å². The van der Waals surface area contributed by atoms with Crippen molar-refractivity contribution in [2.75, 3.05) is 7.11 Å². The summed E-state index contributed by atoms with van der Waals surface area (Å²) >= 11 is 0. The Bertz CT molecular complexity index is 761. The molecule has 0 aliphatic rings. The lowest BCUT2D eigenvalue weighted by Gasteiger charge is -2.07. The summed E-state index contributed by atoms with van der Waals surface area (Å²) in [4.78, 5) is 15.0. The van der Waals surface area contributed by atoms with E-state index >= 15 is 0 Å². The van der Waals surface area contributed by atoms with E-state index in [2.05, 4.69) is 4.98 Å². The molecule has 3 aromatic rings. The Hall–Kier alpha value is -2.56. The number of pyridine rings is 1. The maximum absolute atomic E-state index is 11.0. The molecule has 0 aliphatic carbocycles. The van der Waals surface area contributed by atoms with Crippen LogP contribution < -0.4 is 4.74 Å². The smallest absolute Gasteiger partial charge is 0.356 e. The molecule has 0 spiro atoms. The number of benzene rings is 1. The van der Waals surface area contributed by atoms with Gasteiger partial charge in [-0.15, -0.1) is 0 Å². The number of fused-ring (bicyclic) bond motifs is 3. The van der Waals surface area contributed by atoms with Gasteiger partial charge in [0.2, 0.25) is 0 Å². The topological polar surface area (TPSA) is 63.8 Å². The Morgan fingerprint density at radius 2 is 2.17 bits per heavy atom. The number of hydrogen-bond acceptors (Lipinski definition) is 3. The predicted molar refractivity (Wildman–Crippen MR) is 66.2 cm³/mol. The summed E-state index contributed by atoms with van der Waals surface area (Å²) in [5.41, 5.74) is 1.43. The van der Waals surface area contributed by atoms with Gasteiger partial charge in [-0.05, 0) is 18.2 Å². The zero-order valence-corrected chi connectivity index (χ0v) is 9.62. The van der Waals surface area contributed by atoms with Crippen molar-refractivity contribution in [3.8, 4) is 5.75 Å². The largest absolute Gasteiger partial charge is 0.495 e. The van der Waals surface area contributed by atoms with E-state index in [1.54, 1.807) is 17.6 Å². The first-order chi connectivity index (χ1) is 8.70. The third-order valence-corrected chi connectivity index (χ3v) is 2.86. The minimum atomic E-state index is -1.04.